The number of rotatable bonds is 4. The number of nitrogens with one attached hydrogen (secondary N) is 1. The summed E-state index contributed by atoms with van der Waals surface area (Å²) in [5.41, 5.74) is 1.46. The number of nitrogens with zero attached hydrogens (tertiary/aromatic N) is 2. The van der Waals surface area contributed by atoms with E-state index in [-0.39, 0.29) is 5.91 Å². The smallest absolute Gasteiger partial charge is 0.254 e. The van der Waals surface area contributed by atoms with Crippen LogP contribution >= 0.6 is 0 Å². The van der Waals surface area contributed by atoms with E-state index in [4.69, 9.17) is 4.74 Å². The lowest BCUT2D eigenvalue weighted by molar-refractivity contribution is 0.0950. The van der Waals surface area contributed by atoms with Crippen LogP contribution in [0.25, 0.3) is 0 Å². The standard InChI is InChI=1S/C14H15N3O2/c1-10-15-8-12(9-16-10)14(18)17-7-11-3-5-13(19-2)6-4-11/h3-6,8-9H,7H2,1-2H3,(H,17,18). The minimum absolute atomic E-state index is 0.184. The summed E-state index contributed by atoms with van der Waals surface area (Å²) in [5, 5.41) is 2.81. The van der Waals surface area contributed by atoms with Gasteiger partial charge in [0.1, 0.15) is 11.6 Å². The second-order valence-corrected chi connectivity index (χ2v) is 4.05. The Morgan fingerprint density at radius 2 is 1.84 bits per heavy atom. The highest BCUT2D eigenvalue weighted by Gasteiger charge is 2.05. The van der Waals surface area contributed by atoms with E-state index in [1.165, 1.54) is 12.4 Å². The van der Waals surface area contributed by atoms with Gasteiger partial charge in [0.05, 0.1) is 12.7 Å². The summed E-state index contributed by atoms with van der Waals surface area (Å²) in [6, 6.07) is 7.53. The zero-order chi connectivity index (χ0) is 13.7. The largest absolute Gasteiger partial charge is 0.497 e. The number of amides is 1. The third kappa shape index (κ3) is 3.51. The number of hydrogen-bond donors (Lipinski definition) is 1. The summed E-state index contributed by atoms with van der Waals surface area (Å²) in [4.78, 5) is 19.8. The van der Waals surface area contributed by atoms with Crippen molar-refractivity contribution in [1.82, 2.24) is 15.3 Å². The molecule has 1 heterocycles. The van der Waals surface area contributed by atoms with E-state index in [1.807, 2.05) is 24.3 Å². The van der Waals surface area contributed by atoms with Crippen LogP contribution in [-0.4, -0.2) is 23.0 Å². The van der Waals surface area contributed by atoms with Crippen LogP contribution in [0.3, 0.4) is 0 Å². The molecule has 0 bridgehead atoms. The number of benzene rings is 1. The predicted molar refractivity (Wildman–Crippen MR) is 70.9 cm³/mol. The van der Waals surface area contributed by atoms with E-state index in [0.29, 0.717) is 17.9 Å². The fraction of sp³-hybridized carbons (Fsp3) is 0.214. The first-order valence-corrected chi connectivity index (χ1v) is 5.89. The van der Waals surface area contributed by atoms with Crippen molar-refractivity contribution < 1.29 is 9.53 Å². The molecule has 5 heteroatoms. The van der Waals surface area contributed by atoms with E-state index in [0.717, 1.165) is 11.3 Å². The van der Waals surface area contributed by atoms with Crippen LogP contribution < -0.4 is 10.1 Å². The van der Waals surface area contributed by atoms with Gasteiger partial charge in [-0.15, -0.1) is 0 Å². The molecule has 98 valence electrons. The number of carbonyl (C=O) groups is 1. The summed E-state index contributed by atoms with van der Waals surface area (Å²) in [6.45, 7) is 2.23. The normalized spacial score (nSPS) is 10.0. The monoisotopic (exact) mass is 257 g/mol. The first kappa shape index (κ1) is 13.0. The van der Waals surface area contributed by atoms with E-state index < -0.39 is 0 Å². The number of hydrogen-bond acceptors (Lipinski definition) is 4. The van der Waals surface area contributed by atoms with Gasteiger partial charge < -0.3 is 10.1 Å². The molecule has 0 aliphatic rings. The van der Waals surface area contributed by atoms with Crippen molar-refractivity contribution in [2.24, 2.45) is 0 Å². The third-order valence-electron chi connectivity index (χ3n) is 2.66. The van der Waals surface area contributed by atoms with Gasteiger partial charge in [0.2, 0.25) is 0 Å². The summed E-state index contributed by atoms with van der Waals surface area (Å²) < 4.78 is 5.07. The molecule has 2 aromatic rings. The highest BCUT2D eigenvalue weighted by Crippen LogP contribution is 2.11. The SMILES string of the molecule is COc1ccc(CNC(=O)c2cnc(C)nc2)cc1. The second kappa shape index (κ2) is 5.95. The third-order valence-corrected chi connectivity index (χ3v) is 2.66. The highest BCUT2D eigenvalue weighted by atomic mass is 16.5. The van der Waals surface area contributed by atoms with Crippen LogP contribution in [0.1, 0.15) is 21.7 Å². The Kier molecular flexibility index (Phi) is 4.07. The lowest BCUT2D eigenvalue weighted by Gasteiger charge is -2.06. The van der Waals surface area contributed by atoms with Crippen LogP contribution in [0.15, 0.2) is 36.7 Å². The molecule has 19 heavy (non-hydrogen) atoms. The molecule has 0 unspecified atom stereocenters. The Bertz CT molecular complexity index is 550. The van der Waals surface area contributed by atoms with Gasteiger partial charge in [0, 0.05) is 18.9 Å². The molecule has 1 N–H and O–H groups in total. The molecule has 1 amide bonds. The van der Waals surface area contributed by atoms with Gasteiger partial charge in [0.25, 0.3) is 5.91 Å². The van der Waals surface area contributed by atoms with Crippen molar-refractivity contribution >= 4 is 5.91 Å². The highest BCUT2D eigenvalue weighted by molar-refractivity contribution is 5.93. The number of ether oxygens (including phenoxy) is 1. The van der Waals surface area contributed by atoms with Crippen LogP contribution in [0.5, 0.6) is 5.75 Å². The Hall–Kier alpha value is -2.43. The molecule has 5 nitrogen and oxygen atoms in total. The Morgan fingerprint density at radius 1 is 1.21 bits per heavy atom. The zero-order valence-corrected chi connectivity index (χ0v) is 10.9. The lowest BCUT2D eigenvalue weighted by Crippen LogP contribution is -2.23. The maximum atomic E-state index is 11.8. The van der Waals surface area contributed by atoms with E-state index >= 15 is 0 Å². The summed E-state index contributed by atoms with van der Waals surface area (Å²) in [7, 11) is 1.62. The van der Waals surface area contributed by atoms with Crippen molar-refractivity contribution in [2.75, 3.05) is 7.11 Å². The fourth-order valence-electron chi connectivity index (χ4n) is 1.54. The molecule has 2 rings (SSSR count). The lowest BCUT2D eigenvalue weighted by atomic mass is 10.2. The Labute approximate surface area is 111 Å². The van der Waals surface area contributed by atoms with Crippen molar-refractivity contribution in [2.45, 2.75) is 13.5 Å². The van der Waals surface area contributed by atoms with Crippen LogP contribution in [0.4, 0.5) is 0 Å². The van der Waals surface area contributed by atoms with Gasteiger partial charge in [-0.2, -0.15) is 0 Å². The zero-order valence-electron chi connectivity index (χ0n) is 10.9. The molecule has 0 saturated heterocycles. The first-order chi connectivity index (χ1) is 9.19. The molecule has 0 atom stereocenters. The molecule has 0 aliphatic heterocycles. The van der Waals surface area contributed by atoms with Crippen molar-refractivity contribution in [3.8, 4) is 5.75 Å². The summed E-state index contributed by atoms with van der Waals surface area (Å²) in [5.74, 6) is 1.25. The van der Waals surface area contributed by atoms with Crippen LogP contribution in [0.2, 0.25) is 0 Å². The molecule has 0 spiro atoms. The van der Waals surface area contributed by atoms with E-state index in [1.54, 1.807) is 14.0 Å². The van der Waals surface area contributed by atoms with Crippen molar-refractivity contribution in [1.29, 1.82) is 0 Å². The number of methoxy groups -OCH3 is 1. The van der Waals surface area contributed by atoms with E-state index in [2.05, 4.69) is 15.3 Å². The van der Waals surface area contributed by atoms with Crippen LogP contribution in [0, 0.1) is 6.92 Å². The van der Waals surface area contributed by atoms with Crippen molar-refractivity contribution in [3.05, 3.63) is 53.6 Å². The van der Waals surface area contributed by atoms with Gasteiger partial charge in [-0.05, 0) is 24.6 Å². The molecule has 0 fully saturated rings. The molecule has 0 aliphatic carbocycles. The summed E-state index contributed by atoms with van der Waals surface area (Å²) in [6.07, 6.45) is 3.04. The van der Waals surface area contributed by atoms with E-state index in [9.17, 15) is 4.79 Å². The van der Waals surface area contributed by atoms with Gasteiger partial charge in [0.15, 0.2) is 0 Å². The average Bonchev–Trinajstić information content (AvgIpc) is 2.46. The molecular weight excluding hydrogens is 242 g/mol. The van der Waals surface area contributed by atoms with Gasteiger partial charge in [-0.1, -0.05) is 12.1 Å². The van der Waals surface area contributed by atoms with Crippen LogP contribution in [-0.2, 0) is 6.54 Å². The predicted octanol–water partition coefficient (Wildman–Crippen LogP) is 1.72. The quantitative estimate of drug-likeness (QED) is 0.905. The average molecular weight is 257 g/mol. The molecule has 1 aromatic heterocycles. The fourth-order valence-corrected chi connectivity index (χ4v) is 1.54. The van der Waals surface area contributed by atoms with Gasteiger partial charge in [-0.25, -0.2) is 9.97 Å². The Morgan fingerprint density at radius 3 is 2.42 bits per heavy atom. The minimum atomic E-state index is -0.184. The molecule has 0 radical (unpaired) electrons. The first-order valence-electron chi connectivity index (χ1n) is 5.89. The number of aryl methyl sites for hydroxylation is 1. The number of carbonyl (C=O) groups excluding carboxylic acids is 1. The minimum Gasteiger partial charge on any atom is -0.497 e. The van der Waals surface area contributed by atoms with Gasteiger partial charge >= 0.3 is 0 Å². The topological polar surface area (TPSA) is 64.1 Å². The Balaban J connectivity index is 1.94. The molecule has 1 aromatic carbocycles. The molecular formula is C14H15N3O2. The number of aromatic nitrogens is 2. The maximum absolute atomic E-state index is 11.8. The van der Waals surface area contributed by atoms with Crippen molar-refractivity contribution in [3.63, 3.8) is 0 Å². The molecule has 0 saturated carbocycles. The van der Waals surface area contributed by atoms with Gasteiger partial charge in [-0.3, -0.25) is 4.79 Å². The maximum Gasteiger partial charge on any atom is 0.254 e. The summed E-state index contributed by atoms with van der Waals surface area (Å²) >= 11 is 0. The second-order valence-electron chi connectivity index (χ2n) is 4.05.